The second kappa shape index (κ2) is 4.17. The Bertz CT molecular complexity index is 948. The van der Waals surface area contributed by atoms with Crippen molar-refractivity contribution in [3.05, 3.63) is 57.8 Å². The van der Waals surface area contributed by atoms with E-state index in [1.165, 1.54) is 6.07 Å². The minimum atomic E-state index is -0.892. The summed E-state index contributed by atoms with van der Waals surface area (Å²) in [4.78, 5) is 21.3. The number of hydrogen-bond donors (Lipinski definition) is 4. The standard InChI is InChI=1S/C15H13FN4O2/c16-9-4-2-1-3-7(9)15(5-10(15)21)8-6-18-12-11(8)19-14(17)20-13(12)22/h1-4,6,10,18,21H,5H2,(H3,17,19,20,22)/t10-,15?/m1/s1. The van der Waals surface area contributed by atoms with E-state index in [4.69, 9.17) is 5.73 Å². The van der Waals surface area contributed by atoms with E-state index in [0.29, 0.717) is 23.1 Å². The molecule has 0 saturated heterocycles. The summed E-state index contributed by atoms with van der Waals surface area (Å²) in [6.45, 7) is 0. The predicted molar refractivity (Wildman–Crippen MR) is 78.9 cm³/mol. The van der Waals surface area contributed by atoms with Crippen LogP contribution in [0.3, 0.4) is 0 Å². The molecule has 0 radical (unpaired) electrons. The molecule has 7 heteroatoms. The summed E-state index contributed by atoms with van der Waals surface area (Å²) in [6.07, 6.45) is 1.23. The first-order valence-corrected chi connectivity index (χ1v) is 6.84. The summed E-state index contributed by atoms with van der Waals surface area (Å²) >= 11 is 0. The van der Waals surface area contributed by atoms with Gasteiger partial charge in [0.2, 0.25) is 5.95 Å². The van der Waals surface area contributed by atoms with Crippen molar-refractivity contribution >= 4 is 17.0 Å². The molecule has 1 saturated carbocycles. The molecule has 2 heterocycles. The molecule has 1 fully saturated rings. The van der Waals surface area contributed by atoms with Crippen molar-refractivity contribution in [3.63, 3.8) is 0 Å². The lowest BCUT2D eigenvalue weighted by molar-refractivity contribution is 0.256. The highest BCUT2D eigenvalue weighted by molar-refractivity contribution is 5.82. The fourth-order valence-corrected chi connectivity index (χ4v) is 3.17. The Balaban J connectivity index is 2.02. The van der Waals surface area contributed by atoms with Crippen LogP contribution < -0.4 is 11.3 Å². The van der Waals surface area contributed by atoms with Crippen molar-refractivity contribution in [1.82, 2.24) is 15.0 Å². The number of nitrogens with one attached hydrogen (secondary N) is 2. The maximum atomic E-state index is 14.2. The van der Waals surface area contributed by atoms with Crippen LogP contribution in [0, 0.1) is 5.82 Å². The van der Waals surface area contributed by atoms with Crippen LogP contribution in [0.2, 0.25) is 0 Å². The molecule has 1 aromatic carbocycles. The van der Waals surface area contributed by atoms with Gasteiger partial charge in [0.25, 0.3) is 5.56 Å². The molecule has 22 heavy (non-hydrogen) atoms. The average molecular weight is 300 g/mol. The zero-order chi connectivity index (χ0) is 15.5. The monoisotopic (exact) mass is 300 g/mol. The lowest BCUT2D eigenvalue weighted by atomic mass is 9.88. The number of nitrogen functional groups attached to an aromatic ring is 1. The van der Waals surface area contributed by atoms with Crippen LogP contribution in [-0.2, 0) is 5.41 Å². The zero-order valence-electron chi connectivity index (χ0n) is 11.4. The molecule has 2 atom stereocenters. The number of aliphatic hydroxyl groups is 1. The van der Waals surface area contributed by atoms with Gasteiger partial charge in [-0.25, -0.2) is 9.37 Å². The fraction of sp³-hybridized carbons (Fsp3) is 0.200. The van der Waals surface area contributed by atoms with Crippen LogP contribution in [-0.4, -0.2) is 26.2 Å². The molecule has 1 unspecified atom stereocenters. The number of fused-ring (bicyclic) bond motifs is 1. The van der Waals surface area contributed by atoms with E-state index in [1.54, 1.807) is 24.4 Å². The number of benzene rings is 1. The second-order valence-corrected chi connectivity index (χ2v) is 5.55. The molecule has 2 aromatic heterocycles. The van der Waals surface area contributed by atoms with Crippen molar-refractivity contribution in [1.29, 1.82) is 0 Å². The Hall–Kier alpha value is -2.67. The topological polar surface area (TPSA) is 108 Å². The zero-order valence-corrected chi connectivity index (χ0v) is 11.4. The van der Waals surface area contributed by atoms with Crippen molar-refractivity contribution in [2.75, 3.05) is 5.73 Å². The third kappa shape index (κ3) is 1.57. The van der Waals surface area contributed by atoms with E-state index >= 15 is 0 Å². The molecular weight excluding hydrogens is 287 g/mol. The number of aliphatic hydroxyl groups excluding tert-OH is 1. The van der Waals surface area contributed by atoms with Crippen molar-refractivity contribution in [2.24, 2.45) is 0 Å². The number of anilines is 1. The van der Waals surface area contributed by atoms with Gasteiger partial charge in [-0.1, -0.05) is 18.2 Å². The molecule has 5 N–H and O–H groups in total. The van der Waals surface area contributed by atoms with Gasteiger partial charge < -0.3 is 15.8 Å². The number of hydrogen-bond acceptors (Lipinski definition) is 4. The van der Waals surface area contributed by atoms with Crippen LogP contribution in [0.5, 0.6) is 0 Å². The number of nitrogens with two attached hydrogens (primary N) is 1. The molecule has 1 aliphatic rings. The summed E-state index contributed by atoms with van der Waals surface area (Å²) in [6, 6.07) is 6.30. The van der Waals surface area contributed by atoms with E-state index in [0.717, 1.165) is 0 Å². The van der Waals surface area contributed by atoms with Gasteiger partial charge in [0.05, 0.1) is 11.5 Å². The molecule has 4 rings (SSSR count). The van der Waals surface area contributed by atoms with Crippen molar-refractivity contribution in [3.8, 4) is 0 Å². The molecule has 0 aliphatic heterocycles. The van der Waals surface area contributed by atoms with Gasteiger partial charge in [0.15, 0.2) is 0 Å². The second-order valence-electron chi connectivity index (χ2n) is 5.55. The van der Waals surface area contributed by atoms with Gasteiger partial charge in [-0.15, -0.1) is 0 Å². The summed E-state index contributed by atoms with van der Waals surface area (Å²) < 4.78 is 14.2. The highest BCUT2D eigenvalue weighted by Gasteiger charge is 2.58. The minimum Gasteiger partial charge on any atom is -0.392 e. The molecule has 3 aromatic rings. The number of H-pyrrole nitrogens is 2. The Labute approximate surface area is 123 Å². The lowest BCUT2D eigenvalue weighted by Crippen LogP contribution is -2.17. The van der Waals surface area contributed by atoms with Crippen LogP contribution in [0.15, 0.2) is 35.3 Å². The Kier molecular flexibility index (Phi) is 2.47. The summed E-state index contributed by atoms with van der Waals surface area (Å²) in [7, 11) is 0. The maximum absolute atomic E-state index is 14.2. The number of aromatic nitrogens is 3. The van der Waals surface area contributed by atoms with Crippen LogP contribution in [0.4, 0.5) is 10.3 Å². The number of aromatic amines is 2. The molecule has 0 spiro atoms. The van der Waals surface area contributed by atoms with Gasteiger partial charge in [0.1, 0.15) is 16.9 Å². The van der Waals surface area contributed by atoms with E-state index in [2.05, 4.69) is 15.0 Å². The molecule has 6 nitrogen and oxygen atoms in total. The van der Waals surface area contributed by atoms with Crippen molar-refractivity contribution < 1.29 is 9.50 Å². The highest BCUT2D eigenvalue weighted by Crippen LogP contribution is 2.55. The molecule has 112 valence electrons. The average Bonchev–Trinajstić information content (AvgIpc) is 2.94. The molecule has 0 amide bonds. The molecule has 1 aliphatic carbocycles. The maximum Gasteiger partial charge on any atom is 0.276 e. The van der Waals surface area contributed by atoms with Gasteiger partial charge in [-0.2, -0.15) is 0 Å². The first-order chi connectivity index (χ1) is 10.5. The molecular formula is C15H13FN4O2. The normalized spacial score (nSPS) is 23.8. The van der Waals surface area contributed by atoms with E-state index in [9.17, 15) is 14.3 Å². The third-order valence-electron chi connectivity index (χ3n) is 4.31. The first kappa shape index (κ1) is 13.0. The minimum absolute atomic E-state index is 0.0165. The van der Waals surface area contributed by atoms with Gasteiger partial charge in [0, 0.05) is 17.3 Å². The highest BCUT2D eigenvalue weighted by atomic mass is 19.1. The van der Waals surface area contributed by atoms with Gasteiger partial charge in [-0.3, -0.25) is 9.78 Å². The van der Waals surface area contributed by atoms with Crippen LogP contribution in [0.25, 0.3) is 11.0 Å². The van der Waals surface area contributed by atoms with E-state index < -0.39 is 22.9 Å². The largest absolute Gasteiger partial charge is 0.392 e. The smallest absolute Gasteiger partial charge is 0.276 e. The van der Waals surface area contributed by atoms with Gasteiger partial charge in [-0.05, 0) is 12.5 Å². The summed E-state index contributed by atoms with van der Waals surface area (Å²) in [5, 5.41) is 10.2. The lowest BCUT2D eigenvalue weighted by Gasteiger charge is -2.16. The van der Waals surface area contributed by atoms with E-state index in [1.807, 2.05) is 0 Å². The number of rotatable bonds is 2. The quantitative estimate of drug-likeness (QED) is 0.566. The number of nitrogens with zero attached hydrogens (tertiary/aromatic N) is 1. The molecule has 0 bridgehead atoms. The van der Waals surface area contributed by atoms with Crippen LogP contribution >= 0.6 is 0 Å². The number of halogens is 1. The van der Waals surface area contributed by atoms with Crippen LogP contribution in [0.1, 0.15) is 17.5 Å². The fourth-order valence-electron chi connectivity index (χ4n) is 3.17. The Morgan fingerprint density at radius 3 is 2.77 bits per heavy atom. The van der Waals surface area contributed by atoms with E-state index in [-0.39, 0.29) is 11.5 Å². The summed E-state index contributed by atoms with van der Waals surface area (Å²) in [5.41, 5.74) is 5.91. The Morgan fingerprint density at radius 2 is 2.09 bits per heavy atom. The van der Waals surface area contributed by atoms with Crippen molar-refractivity contribution in [2.45, 2.75) is 17.9 Å². The predicted octanol–water partition coefficient (Wildman–Crippen LogP) is 1.02. The SMILES string of the molecule is Nc1nc2c(C3(c4ccccc4F)C[C@H]3O)c[nH]c2c(=O)[nH]1. The third-order valence-corrected chi connectivity index (χ3v) is 4.31. The summed E-state index contributed by atoms with van der Waals surface area (Å²) in [5.74, 6) is -0.414. The Morgan fingerprint density at radius 1 is 1.36 bits per heavy atom. The van der Waals surface area contributed by atoms with Gasteiger partial charge >= 0.3 is 0 Å². The first-order valence-electron chi connectivity index (χ1n) is 6.84.